The number of rotatable bonds is 6. The fourth-order valence-electron chi connectivity index (χ4n) is 1.98. The predicted molar refractivity (Wildman–Crippen MR) is 78.1 cm³/mol. The Morgan fingerprint density at radius 1 is 1.44 bits per heavy atom. The van der Waals surface area contributed by atoms with Crippen molar-refractivity contribution >= 4 is 27.4 Å². The van der Waals surface area contributed by atoms with Crippen molar-refractivity contribution in [2.75, 3.05) is 11.9 Å². The lowest BCUT2D eigenvalue weighted by Gasteiger charge is -2.17. The number of nitrogens with two attached hydrogens (primary N) is 1. The highest BCUT2D eigenvalue weighted by molar-refractivity contribution is 7.18. The number of anilines is 1. The van der Waals surface area contributed by atoms with E-state index in [4.69, 9.17) is 5.73 Å². The van der Waals surface area contributed by atoms with E-state index in [0.29, 0.717) is 12.6 Å². The molecule has 0 bridgehead atoms. The second kappa shape index (κ2) is 6.11. The minimum Gasteiger partial charge on any atom is -0.365 e. The first-order chi connectivity index (χ1) is 8.74. The van der Waals surface area contributed by atoms with Gasteiger partial charge in [-0.25, -0.2) is 9.97 Å². The van der Waals surface area contributed by atoms with Gasteiger partial charge in [0.05, 0.1) is 5.39 Å². The predicted octanol–water partition coefficient (Wildman–Crippen LogP) is 2.93. The first-order valence-electron chi connectivity index (χ1n) is 6.42. The minimum absolute atomic E-state index is 0.295. The van der Waals surface area contributed by atoms with Gasteiger partial charge in [0.25, 0.3) is 0 Å². The summed E-state index contributed by atoms with van der Waals surface area (Å²) in [6.07, 6.45) is 5.08. The molecule has 1 unspecified atom stereocenters. The minimum atomic E-state index is 0.295. The quantitative estimate of drug-likeness (QED) is 0.842. The number of unbranched alkanes of at least 4 members (excludes halogenated alkanes) is 1. The summed E-state index contributed by atoms with van der Waals surface area (Å²) in [4.78, 5) is 10.9. The molecule has 18 heavy (non-hydrogen) atoms. The van der Waals surface area contributed by atoms with Crippen LogP contribution < -0.4 is 11.1 Å². The first kappa shape index (κ1) is 13.2. The molecule has 98 valence electrons. The average molecular weight is 264 g/mol. The molecule has 3 N–H and O–H groups in total. The van der Waals surface area contributed by atoms with Gasteiger partial charge in [-0.2, -0.15) is 0 Å². The van der Waals surface area contributed by atoms with E-state index in [9.17, 15) is 0 Å². The highest BCUT2D eigenvalue weighted by atomic mass is 32.1. The van der Waals surface area contributed by atoms with Crippen LogP contribution in [0.2, 0.25) is 0 Å². The van der Waals surface area contributed by atoms with Gasteiger partial charge in [-0.3, -0.25) is 0 Å². The Morgan fingerprint density at radius 2 is 2.28 bits per heavy atom. The van der Waals surface area contributed by atoms with Crippen LogP contribution in [0.1, 0.15) is 31.1 Å². The molecule has 0 aliphatic rings. The van der Waals surface area contributed by atoms with Gasteiger partial charge in [0.2, 0.25) is 0 Å². The van der Waals surface area contributed by atoms with Crippen LogP contribution in [-0.2, 0) is 0 Å². The Kier molecular flexibility index (Phi) is 4.49. The third-order valence-corrected chi connectivity index (χ3v) is 3.94. The lowest BCUT2D eigenvalue weighted by Crippen LogP contribution is -2.29. The monoisotopic (exact) mass is 264 g/mol. The van der Waals surface area contributed by atoms with Crippen LogP contribution in [-0.4, -0.2) is 22.6 Å². The lowest BCUT2D eigenvalue weighted by atomic mass is 10.1. The summed E-state index contributed by atoms with van der Waals surface area (Å²) < 4.78 is 0. The third-order valence-electron chi connectivity index (χ3n) is 2.98. The molecule has 0 amide bonds. The van der Waals surface area contributed by atoms with Crippen LogP contribution in [0, 0.1) is 6.92 Å². The Balaban J connectivity index is 2.19. The van der Waals surface area contributed by atoms with E-state index in [1.165, 1.54) is 17.7 Å². The average Bonchev–Trinajstić information content (AvgIpc) is 2.75. The summed E-state index contributed by atoms with van der Waals surface area (Å²) in [5.74, 6) is 0.913. The van der Waals surface area contributed by atoms with E-state index in [0.717, 1.165) is 22.5 Å². The zero-order valence-electron chi connectivity index (χ0n) is 10.9. The maximum absolute atomic E-state index is 5.81. The van der Waals surface area contributed by atoms with Gasteiger partial charge in [-0.1, -0.05) is 19.8 Å². The molecule has 0 saturated heterocycles. The van der Waals surface area contributed by atoms with Crippen molar-refractivity contribution in [2.45, 2.75) is 39.2 Å². The lowest BCUT2D eigenvalue weighted by molar-refractivity contribution is 0.613. The molecule has 0 spiro atoms. The van der Waals surface area contributed by atoms with Crippen LogP contribution >= 0.6 is 11.3 Å². The van der Waals surface area contributed by atoms with Crippen molar-refractivity contribution in [3.63, 3.8) is 0 Å². The summed E-state index contributed by atoms with van der Waals surface area (Å²) in [7, 11) is 0. The Bertz CT molecular complexity index is 509. The molecule has 0 radical (unpaired) electrons. The molecule has 4 nitrogen and oxygen atoms in total. The summed E-state index contributed by atoms with van der Waals surface area (Å²) in [5.41, 5.74) is 5.81. The van der Waals surface area contributed by atoms with Crippen molar-refractivity contribution in [1.82, 2.24) is 9.97 Å². The Labute approximate surface area is 112 Å². The van der Waals surface area contributed by atoms with Gasteiger partial charge in [0, 0.05) is 17.5 Å². The van der Waals surface area contributed by atoms with Gasteiger partial charge in [0.1, 0.15) is 17.0 Å². The largest absolute Gasteiger partial charge is 0.365 e. The fraction of sp³-hybridized carbons (Fsp3) is 0.538. The van der Waals surface area contributed by atoms with Gasteiger partial charge >= 0.3 is 0 Å². The van der Waals surface area contributed by atoms with E-state index in [1.54, 1.807) is 17.7 Å². The zero-order valence-corrected chi connectivity index (χ0v) is 11.8. The molecule has 0 saturated carbocycles. The van der Waals surface area contributed by atoms with Crippen LogP contribution in [0.4, 0.5) is 5.82 Å². The van der Waals surface area contributed by atoms with Gasteiger partial charge in [-0.15, -0.1) is 11.3 Å². The van der Waals surface area contributed by atoms with Crippen molar-refractivity contribution in [3.05, 3.63) is 17.3 Å². The number of hydrogen-bond acceptors (Lipinski definition) is 5. The van der Waals surface area contributed by atoms with Crippen molar-refractivity contribution < 1.29 is 0 Å². The van der Waals surface area contributed by atoms with E-state index in [1.807, 2.05) is 0 Å². The maximum atomic E-state index is 5.81. The summed E-state index contributed by atoms with van der Waals surface area (Å²) in [6, 6.07) is 2.43. The number of thiophene rings is 1. The highest BCUT2D eigenvalue weighted by Crippen LogP contribution is 2.27. The van der Waals surface area contributed by atoms with Gasteiger partial charge in [0.15, 0.2) is 0 Å². The number of nitrogens with one attached hydrogen (secondary N) is 1. The molecule has 2 rings (SSSR count). The normalized spacial score (nSPS) is 12.8. The SMILES string of the molecule is CCCCC(CN)Nc1ncnc2sc(C)cc12. The first-order valence-corrected chi connectivity index (χ1v) is 7.24. The number of aryl methyl sites for hydroxylation is 1. The maximum Gasteiger partial charge on any atom is 0.138 e. The van der Waals surface area contributed by atoms with E-state index < -0.39 is 0 Å². The molecule has 2 aromatic rings. The van der Waals surface area contributed by atoms with Gasteiger partial charge < -0.3 is 11.1 Å². The summed E-state index contributed by atoms with van der Waals surface area (Å²) >= 11 is 1.70. The Hall–Kier alpha value is -1.20. The number of aromatic nitrogens is 2. The van der Waals surface area contributed by atoms with E-state index in [2.05, 4.69) is 35.2 Å². The van der Waals surface area contributed by atoms with Crippen LogP contribution in [0.15, 0.2) is 12.4 Å². The number of fused-ring (bicyclic) bond motifs is 1. The summed E-state index contributed by atoms with van der Waals surface area (Å²) in [6.45, 7) is 4.92. The van der Waals surface area contributed by atoms with Gasteiger partial charge in [-0.05, 0) is 19.4 Å². The standard InChI is InChI=1S/C13H20N4S/c1-3-4-5-10(7-14)17-12-11-6-9(2)18-13(11)16-8-15-12/h6,8,10H,3-5,7,14H2,1-2H3,(H,15,16,17). The smallest absolute Gasteiger partial charge is 0.138 e. The molecule has 2 heterocycles. The van der Waals surface area contributed by atoms with E-state index >= 15 is 0 Å². The van der Waals surface area contributed by atoms with Crippen LogP contribution in [0.3, 0.4) is 0 Å². The van der Waals surface area contributed by atoms with Crippen LogP contribution in [0.5, 0.6) is 0 Å². The second-order valence-corrected chi connectivity index (χ2v) is 5.75. The molecule has 0 aliphatic heterocycles. The fourth-order valence-corrected chi connectivity index (χ4v) is 2.83. The molecule has 5 heteroatoms. The molecular formula is C13H20N4S. The third kappa shape index (κ3) is 2.97. The summed E-state index contributed by atoms with van der Waals surface area (Å²) in [5, 5.41) is 4.56. The zero-order chi connectivity index (χ0) is 13.0. The Morgan fingerprint density at radius 3 is 3.00 bits per heavy atom. The molecule has 1 atom stereocenters. The molecular weight excluding hydrogens is 244 g/mol. The number of nitrogens with zero attached hydrogens (tertiary/aromatic N) is 2. The molecule has 0 aromatic carbocycles. The molecule has 0 aliphatic carbocycles. The van der Waals surface area contributed by atoms with Crippen LogP contribution in [0.25, 0.3) is 10.2 Å². The topological polar surface area (TPSA) is 63.8 Å². The van der Waals surface area contributed by atoms with Crippen molar-refractivity contribution in [1.29, 1.82) is 0 Å². The highest BCUT2D eigenvalue weighted by Gasteiger charge is 2.11. The van der Waals surface area contributed by atoms with Crippen molar-refractivity contribution in [3.8, 4) is 0 Å². The molecule has 2 aromatic heterocycles. The second-order valence-electron chi connectivity index (χ2n) is 4.52. The number of hydrogen-bond donors (Lipinski definition) is 2. The van der Waals surface area contributed by atoms with E-state index in [-0.39, 0.29) is 0 Å². The molecule has 0 fully saturated rings. The van der Waals surface area contributed by atoms with Crippen molar-refractivity contribution in [2.24, 2.45) is 5.73 Å².